The van der Waals surface area contributed by atoms with Gasteiger partial charge < -0.3 is 9.94 Å². The molecule has 1 rings (SSSR count). The van der Waals surface area contributed by atoms with E-state index in [1.165, 1.54) is 12.1 Å². The monoisotopic (exact) mass is 243 g/mol. The standard InChI is InChI=1S/C12H15F2NO2/c1-12(2,3)10(15-16)8-4-6-9(7-5-8)17-11(13)14/h4-7,11,16H,1-3H3/b15-10-. The summed E-state index contributed by atoms with van der Waals surface area (Å²) in [6.45, 7) is 2.84. The van der Waals surface area contributed by atoms with Crippen LogP contribution >= 0.6 is 0 Å². The van der Waals surface area contributed by atoms with Crippen LogP contribution in [0, 0.1) is 5.41 Å². The van der Waals surface area contributed by atoms with Crippen molar-refractivity contribution in [1.82, 2.24) is 0 Å². The quantitative estimate of drug-likeness (QED) is 0.501. The first kappa shape index (κ1) is 13.4. The second kappa shape index (κ2) is 5.12. The van der Waals surface area contributed by atoms with Crippen LogP contribution in [0.2, 0.25) is 0 Å². The minimum atomic E-state index is -2.84. The third-order valence-electron chi connectivity index (χ3n) is 2.16. The third kappa shape index (κ3) is 3.69. The van der Waals surface area contributed by atoms with Crippen LogP contribution in [0.3, 0.4) is 0 Å². The van der Waals surface area contributed by atoms with E-state index in [4.69, 9.17) is 5.21 Å². The van der Waals surface area contributed by atoms with E-state index in [0.717, 1.165) is 0 Å². The topological polar surface area (TPSA) is 41.8 Å². The van der Waals surface area contributed by atoms with Gasteiger partial charge in [0.1, 0.15) is 5.75 Å². The maximum absolute atomic E-state index is 11.9. The summed E-state index contributed by atoms with van der Waals surface area (Å²) in [5, 5.41) is 12.2. The molecule has 0 aromatic heterocycles. The Bertz CT molecular complexity index is 394. The summed E-state index contributed by atoms with van der Waals surface area (Å²) in [7, 11) is 0. The largest absolute Gasteiger partial charge is 0.435 e. The van der Waals surface area contributed by atoms with E-state index in [1.54, 1.807) is 12.1 Å². The van der Waals surface area contributed by atoms with Crippen LogP contribution in [0.4, 0.5) is 8.78 Å². The SMILES string of the molecule is CC(C)(C)/C(=N\O)c1ccc(OC(F)F)cc1. The van der Waals surface area contributed by atoms with Crippen molar-refractivity contribution >= 4 is 5.71 Å². The van der Waals surface area contributed by atoms with Crippen molar-refractivity contribution in [1.29, 1.82) is 0 Å². The highest BCUT2D eigenvalue weighted by molar-refractivity contribution is 6.03. The predicted molar refractivity (Wildman–Crippen MR) is 60.9 cm³/mol. The molecule has 0 fully saturated rings. The summed E-state index contributed by atoms with van der Waals surface area (Å²) >= 11 is 0. The Hall–Kier alpha value is -1.65. The van der Waals surface area contributed by atoms with E-state index >= 15 is 0 Å². The second-order valence-electron chi connectivity index (χ2n) is 4.60. The molecule has 1 N–H and O–H groups in total. The number of alkyl halides is 2. The highest BCUT2D eigenvalue weighted by Gasteiger charge is 2.21. The molecule has 3 nitrogen and oxygen atoms in total. The zero-order valence-corrected chi connectivity index (χ0v) is 9.95. The number of hydrogen-bond acceptors (Lipinski definition) is 3. The van der Waals surface area contributed by atoms with Crippen molar-refractivity contribution in [3.8, 4) is 5.75 Å². The minimum absolute atomic E-state index is 0.0787. The number of nitrogens with zero attached hydrogens (tertiary/aromatic N) is 1. The molecule has 0 atom stereocenters. The fourth-order valence-electron chi connectivity index (χ4n) is 1.43. The van der Waals surface area contributed by atoms with E-state index in [2.05, 4.69) is 9.89 Å². The minimum Gasteiger partial charge on any atom is -0.435 e. The average molecular weight is 243 g/mol. The van der Waals surface area contributed by atoms with Crippen LogP contribution in [0.15, 0.2) is 29.4 Å². The summed E-state index contributed by atoms with van der Waals surface area (Å²) in [5.74, 6) is 0.0787. The number of ether oxygens (including phenoxy) is 1. The Morgan fingerprint density at radius 2 is 1.76 bits per heavy atom. The third-order valence-corrected chi connectivity index (χ3v) is 2.16. The highest BCUT2D eigenvalue weighted by Crippen LogP contribution is 2.23. The van der Waals surface area contributed by atoms with Crippen LogP contribution in [0.25, 0.3) is 0 Å². The van der Waals surface area contributed by atoms with Gasteiger partial charge in [0.15, 0.2) is 0 Å². The fraction of sp³-hybridized carbons (Fsp3) is 0.417. The fourth-order valence-corrected chi connectivity index (χ4v) is 1.43. The molecule has 94 valence electrons. The zero-order valence-electron chi connectivity index (χ0n) is 9.95. The van der Waals surface area contributed by atoms with Gasteiger partial charge in [-0.3, -0.25) is 0 Å². The molecular weight excluding hydrogens is 228 g/mol. The Kier molecular flexibility index (Phi) is 4.04. The van der Waals surface area contributed by atoms with Crippen LogP contribution < -0.4 is 4.74 Å². The molecule has 17 heavy (non-hydrogen) atoms. The molecule has 0 amide bonds. The van der Waals surface area contributed by atoms with Crippen molar-refractivity contribution in [2.45, 2.75) is 27.4 Å². The molecule has 0 aliphatic carbocycles. The predicted octanol–water partition coefficient (Wildman–Crippen LogP) is 3.51. The number of oxime groups is 1. The normalized spacial score (nSPS) is 12.9. The number of rotatable bonds is 3. The lowest BCUT2D eigenvalue weighted by Crippen LogP contribution is -2.21. The molecule has 0 aliphatic rings. The van der Waals surface area contributed by atoms with Crippen molar-refractivity contribution in [3.05, 3.63) is 29.8 Å². The van der Waals surface area contributed by atoms with Gasteiger partial charge in [-0.2, -0.15) is 8.78 Å². The summed E-state index contributed by atoms with van der Waals surface area (Å²) in [4.78, 5) is 0. The highest BCUT2D eigenvalue weighted by atomic mass is 19.3. The Balaban J connectivity index is 2.94. The summed E-state index contributed by atoms with van der Waals surface area (Å²) in [6.07, 6.45) is 0. The van der Waals surface area contributed by atoms with Gasteiger partial charge in [0.2, 0.25) is 0 Å². The summed E-state index contributed by atoms with van der Waals surface area (Å²) in [5.41, 5.74) is 0.822. The lowest BCUT2D eigenvalue weighted by Gasteiger charge is -2.20. The molecule has 0 spiro atoms. The van der Waals surface area contributed by atoms with Gasteiger partial charge in [-0.15, -0.1) is 0 Å². The van der Waals surface area contributed by atoms with Gasteiger partial charge in [0.05, 0.1) is 5.71 Å². The van der Waals surface area contributed by atoms with Crippen LogP contribution in [0.5, 0.6) is 5.75 Å². The first-order valence-electron chi connectivity index (χ1n) is 5.12. The smallest absolute Gasteiger partial charge is 0.387 e. The molecule has 5 heteroatoms. The van der Waals surface area contributed by atoms with E-state index in [-0.39, 0.29) is 11.2 Å². The van der Waals surface area contributed by atoms with Crippen LogP contribution in [-0.4, -0.2) is 17.5 Å². The van der Waals surface area contributed by atoms with Gasteiger partial charge in [-0.1, -0.05) is 25.9 Å². The summed E-state index contributed by atoms with van der Waals surface area (Å²) in [6, 6.07) is 5.99. The average Bonchev–Trinajstić information content (AvgIpc) is 2.18. The van der Waals surface area contributed by atoms with Gasteiger partial charge in [0.25, 0.3) is 0 Å². The van der Waals surface area contributed by atoms with Gasteiger partial charge in [0, 0.05) is 11.0 Å². The molecule has 0 unspecified atom stereocenters. The van der Waals surface area contributed by atoms with Gasteiger partial charge in [-0.05, 0) is 24.3 Å². The van der Waals surface area contributed by atoms with Crippen LogP contribution in [0.1, 0.15) is 26.3 Å². The number of halogens is 2. The van der Waals surface area contributed by atoms with E-state index in [0.29, 0.717) is 11.3 Å². The Morgan fingerprint density at radius 3 is 2.12 bits per heavy atom. The second-order valence-corrected chi connectivity index (χ2v) is 4.60. The van der Waals surface area contributed by atoms with Crippen molar-refractivity contribution in [2.75, 3.05) is 0 Å². The number of benzene rings is 1. The maximum Gasteiger partial charge on any atom is 0.387 e. The van der Waals surface area contributed by atoms with E-state index < -0.39 is 6.61 Å². The van der Waals surface area contributed by atoms with Gasteiger partial charge in [-0.25, -0.2) is 0 Å². The molecule has 0 aliphatic heterocycles. The van der Waals surface area contributed by atoms with E-state index in [9.17, 15) is 8.78 Å². The first-order valence-corrected chi connectivity index (χ1v) is 5.12. The lowest BCUT2D eigenvalue weighted by atomic mass is 9.86. The summed E-state index contributed by atoms with van der Waals surface area (Å²) < 4.78 is 28.1. The van der Waals surface area contributed by atoms with Crippen molar-refractivity contribution in [2.24, 2.45) is 10.6 Å². The lowest BCUT2D eigenvalue weighted by molar-refractivity contribution is -0.0498. The van der Waals surface area contributed by atoms with Gasteiger partial charge >= 0.3 is 6.61 Å². The molecular formula is C12H15F2NO2. The molecule has 1 aromatic carbocycles. The molecule has 1 aromatic rings. The molecule has 0 heterocycles. The van der Waals surface area contributed by atoms with E-state index in [1.807, 2.05) is 20.8 Å². The number of hydrogen-bond donors (Lipinski definition) is 1. The molecule has 0 radical (unpaired) electrons. The van der Waals surface area contributed by atoms with Crippen molar-refractivity contribution in [3.63, 3.8) is 0 Å². The Labute approximate surface area is 98.7 Å². The maximum atomic E-state index is 11.9. The molecule has 0 bridgehead atoms. The molecule has 0 saturated heterocycles. The van der Waals surface area contributed by atoms with Crippen LogP contribution in [-0.2, 0) is 0 Å². The first-order chi connectivity index (χ1) is 7.84. The Morgan fingerprint density at radius 1 is 1.24 bits per heavy atom. The molecule has 0 saturated carbocycles. The van der Waals surface area contributed by atoms with Crippen molar-refractivity contribution < 1.29 is 18.7 Å². The zero-order chi connectivity index (χ0) is 13.1.